The highest BCUT2D eigenvalue weighted by Gasteiger charge is 2.31. The Morgan fingerprint density at radius 1 is 1.19 bits per heavy atom. The monoisotopic (exact) mass is 519 g/mol. The molecule has 0 fully saturated rings. The number of alkyl halides is 3. The minimum atomic E-state index is -4.54. The Labute approximate surface area is 191 Å². The zero-order chi connectivity index (χ0) is 23.0. The van der Waals surface area contributed by atoms with Crippen LogP contribution in [0.25, 0.3) is 33.9 Å². The SMILES string of the molecule is N#CC(=Cc1ccc(-c2cc(C(F)(F)F)ccc2Cl)o1)c1nc2ccc(Br)cc2c(=O)[nH]1. The molecule has 160 valence electrons. The van der Waals surface area contributed by atoms with E-state index in [2.05, 4.69) is 25.9 Å². The summed E-state index contributed by atoms with van der Waals surface area (Å²) in [5.74, 6) is 0.292. The lowest BCUT2D eigenvalue weighted by Crippen LogP contribution is -2.11. The van der Waals surface area contributed by atoms with Crippen LogP contribution in [0.1, 0.15) is 17.1 Å². The summed E-state index contributed by atoms with van der Waals surface area (Å²) in [6.07, 6.45) is -3.21. The molecule has 0 amide bonds. The molecule has 0 aliphatic rings. The lowest BCUT2D eigenvalue weighted by atomic mass is 10.1. The summed E-state index contributed by atoms with van der Waals surface area (Å²) in [4.78, 5) is 19.2. The number of H-pyrrole nitrogens is 1. The van der Waals surface area contributed by atoms with Crippen molar-refractivity contribution in [2.24, 2.45) is 0 Å². The highest BCUT2D eigenvalue weighted by atomic mass is 79.9. The van der Waals surface area contributed by atoms with E-state index in [1.165, 1.54) is 18.2 Å². The molecular weight excluding hydrogens is 511 g/mol. The number of nitrogens with one attached hydrogen (secondary N) is 1. The van der Waals surface area contributed by atoms with E-state index >= 15 is 0 Å². The molecule has 0 aliphatic carbocycles. The Balaban J connectivity index is 1.74. The van der Waals surface area contributed by atoms with Crippen LogP contribution >= 0.6 is 27.5 Å². The van der Waals surface area contributed by atoms with Crippen molar-refractivity contribution in [3.05, 3.63) is 85.5 Å². The second-order valence-corrected chi connectivity index (χ2v) is 7.96. The Morgan fingerprint density at radius 2 is 1.97 bits per heavy atom. The average Bonchev–Trinajstić information content (AvgIpc) is 3.20. The number of benzene rings is 2. The summed E-state index contributed by atoms with van der Waals surface area (Å²) in [5.41, 5.74) is -0.842. The van der Waals surface area contributed by atoms with Crippen LogP contribution in [0, 0.1) is 11.3 Å². The van der Waals surface area contributed by atoms with Gasteiger partial charge in [-0.05, 0) is 48.5 Å². The summed E-state index contributed by atoms with van der Waals surface area (Å²) in [6, 6.07) is 12.7. The number of aromatic nitrogens is 2. The number of halogens is 5. The first-order chi connectivity index (χ1) is 15.2. The summed E-state index contributed by atoms with van der Waals surface area (Å²) < 4.78 is 45.4. The fourth-order valence-electron chi connectivity index (χ4n) is 3.00. The van der Waals surface area contributed by atoms with E-state index in [9.17, 15) is 23.2 Å². The van der Waals surface area contributed by atoms with E-state index in [0.29, 0.717) is 15.4 Å². The molecule has 0 spiro atoms. The summed E-state index contributed by atoms with van der Waals surface area (Å²) in [5, 5.41) is 9.99. The summed E-state index contributed by atoms with van der Waals surface area (Å²) in [6.45, 7) is 0. The van der Waals surface area contributed by atoms with Gasteiger partial charge in [-0.25, -0.2) is 4.98 Å². The summed E-state index contributed by atoms with van der Waals surface area (Å²) >= 11 is 9.34. The molecule has 5 nitrogen and oxygen atoms in total. The molecule has 0 atom stereocenters. The minimum Gasteiger partial charge on any atom is -0.457 e. The normalized spacial score (nSPS) is 12.2. The zero-order valence-corrected chi connectivity index (χ0v) is 18.1. The van der Waals surface area contributed by atoms with Gasteiger partial charge in [0.1, 0.15) is 17.6 Å². The molecule has 1 N–H and O–H groups in total. The Kier molecular flexibility index (Phi) is 5.67. The third-order valence-corrected chi connectivity index (χ3v) is 5.34. The van der Waals surface area contributed by atoms with E-state index in [1.54, 1.807) is 18.2 Å². The van der Waals surface area contributed by atoms with Crippen molar-refractivity contribution in [1.82, 2.24) is 9.97 Å². The van der Waals surface area contributed by atoms with Gasteiger partial charge >= 0.3 is 6.18 Å². The van der Waals surface area contributed by atoms with Gasteiger partial charge in [-0.15, -0.1) is 0 Å². The number of hydrogen-bond acceptors (Lipinski definition) is 4. The number of hydrogen-bond donors (Lipinski definition) is 1. The van der Waals surface area contributed by atoms with Gasteiger partial charge in [0, 0.05) is 16.1 Å². The largest absolute Gasteiger partial charge is 0.457 e. The van der Waals surface area contributed by atoms with E-state index in [-0.39, 0.29) is 33.5 Å². The van der Waals surface area contributed by atoms with Crippen molar-refractivity contribution in [3.8, 4) is 17.4 Å². The Morgan fingerprint density at radius 3 is 2.69 bits per heavy atom. The molecule has 0 bridgehead atoms. The van der Waals surface area contributed by atoms with Gasteiger partial charge < -0.3 is 9.40 Å². The van der Waals surface area contributed by atoms with Crippen LogP contribution in [0.4, 0.5) is 13.2 Å². The quantitative estimate of drug-likeness (QED) is 0.305. The molecule has 2 heterocycles. The van der Waals surface area contributed by atoms with Gasteiger partial charge in [0.25, 0.3) is 5.56 Å². The number of allylic oxidation sites excluding steroid dienone is 1. The first kappa shape index (κ1) is 21.9. The van der Waals surface area contributed by atoms with Crippen molar-refractivity contribution in [1.29, 1.82) is 5.26 Å². The number of aromatic amines is 1. The molecule has 2 aromatic heterocycles. The lowest BCUT2D eigenvalue weighted by molar-refractivity contribution is -0.137. The van der Waals surface area contributed by atoms with Crippen molar-refractivity contribution in [2.75, 3.05) is 0 Å². The number of rotatable bonds is 3. The molecule has 0 saturated carbocycles. The van der Waals surface area contributed by atoms with Crippen LogP contribution in [-0.2, 0) is 6.18 Å². The second-order valence-electron chi connectivity index (χ2n) is 6.64. The maximum Gasteiger partial charge on any atom is 0.416 e. The Hall–Kier alpha value is -3.35. The maximum absolute atomic E-state index is 13.0. The number of nitriles is 1. The number of furan rings is 1. The van der Waals surface area contributed by atoms with Crippen molar-refractivity contribution in [3.63, 3.8) is 0 Å². The second kappa shape index (κ2) is 8.30. The molecule has 0 radical (unpaired) electrons. The fraction of sp³-hybridized carbons (Fsp3) is 0.0455. The van der Waals surface area contributed by atoms with Gasteiger partial charge in [-0.1, -0.05) is 27.5 Å². The van der Waals surface area contributed by atoms with Crippen LogP contribution in [0.15, 0.2) is 62.2 Å². The highest BCUT2D eigenvalue weighted by Crippen LogP contribution is 2.36. The molecular formula is C22H10BrClF3N3O2. The predicted octanol–water partition coefficient (Wildman–Crippen LogP) is 6.68. The standard InChI is InChI=1S/C22H10BrClF3N3O2/c23-13-2-5-18-16(9-13)21(31)30-20(29-18)11(10-28)7-14-3-6-19(32-14)15-8-12(22(25,26)27)1-4-17(15)24/h1-9H,(H,29,30,31). The van der Waals surface area contributed by atoms with Gasteiger partial charge in [0.05, 0.1) is 27.1 Å². The van der Waals surface area contributed by atoms with E-state index in [1.807, 2.05) is 6.07 Å². The summed E-state index contributed by atoms with van der Waals surface area (Å²) in [7, 11) is 0. The van der Waals surface area contributed by atoms with Gasteiger partial charge in [0.2, 0.25) is 0 Å². The first-order valence-corrected chi connectivity index (χ1v) is 10.1. The predicted molar refractivity (Wildman–Crippen MR) is 118 cm³/mol. The minimum absolute atomic E-state index is 0.00274. The number of nitrogens with zero attached hydrogens (tertiary/aromatic N) is 2. The fourth-order valence-corrected chi connectivity index (χ4v) is 3.57. The molecule has 0 unspecified atom stereocenters. The lowest BCUT2D eigenvalue weighted by Gasteiger charge is -2.09. The van der Waals surface area contributed by atoms with Crippen LogP contribution in [0.3, 0.4) is 0 Å². The van der Waals surface area contributed by atoms with E-state index < -0.39 is 17.3 Å². The maximum atomic E-state index is 13.0. The average molecular weight is 521 g/mol. The van der Waals surface area contributed by atoms with Gasteiger partial charge in [-0.2, -0.15) is 18.4 Å². The molecule has 4 aromatic rings. The van der Waals surface area contributed by atoms with Gasteiger partial charge in [0.15, 0.2) is 5.82 Å². The van der Waals surface area contributed by atoms with E-state index in [4.69, 9.17) is 16.0 Å². The molecule has 10 heteroatoms. The van der Waals surface area contributed by atoms with Crippen molar-refractivity contribution < 1.29 is 17.6 Å². The van der Waals surface area contributed by atoms with Crippen LogP contribution in [-0.4, -0.2) is 9.97 Å². The third-order valence-electron chi connectivity index (χ3n) is 4.52. The smallest absolute Gasteiger partial charge is 0.416 e. The van der Waals surface area contributed by atoms with Gasteiger partial charge in [-0.3, -0.25) is 4.79 Å². The molecule has 4 rings (SSSR count). The molecule has 0 saturated heterocycles. The van der Waals surface area contributed by atoms with E-state index in [0.717, 1.165) is 18.2 Å². The molecule has 0 aliphatic heterocycles. The zero-order valence-electron chi connectivity index (χ0n) is 15.8. The topological polar surface area (TPSA) is 82.7 Å². The van der Waals surface area contributed by atoms with Crippen molar-refractivity contribution >= 4 is 50.1 Å². The van der Waals surface area contributed by atoms with Crippen LogP contribution < -0.4 is 5.56 Å². The third kappa shape index (κ3) is 4.33. The first-order valence-electron chi connectivity index (χ1n) is 8.94. The highest BCUT2D eigenvalue weighted by molar-refractivity contribution is 9.10. The van der Waals surface area contributed by atoms with Crippen LogP contribution in [0.5, 0.6) is 0 Å². The van der Waals surface area contributed by atoms with Crippen molar-refractivity contribution in [2.45, 2.75) is 6.18 Å². The number of fused-ring (bicyclic) bond motifs is 1. The van der Waals surface area contributed by atoms with Crippen LogP contribution in [0.2, 0.25) is 5.02 Å². The molecule has 2 aromatic carbocycles. The Bertz CT molecular complexity index is 1480. The molecule has 32 heavy (non-hydrogen) atoms.